The first-order chi connectivity index (χ1) is 11.6. The van der Waals surface area contributed by atoms with Gasteiger partial charge in [0.1, 0.15) is 0 Å². The number of amides is 2. The van der Waals surface area contributed by atoms with E-state index in [1.807, 2.05) is 0 Å². The second-order valence-corrected chi connectivity index (χ2v) is 8.66. The molecule has 1 aliphatic heterocycles. The van der Waals surface area contributed by atoms with Gasteiger partial charge in [0.05, 0.1) is 5.25 Å². The smallest absolute Gasteiger partial charge is 0.242 e. The Kier molecular flexibility index (Phi) is 11.5. The van der Waals surface area contributed by atoms with E-state index in [1.165, 1.54) is 69.1 Å². The number of hydrogen-bond donors (Lipinski definition) is 0. The molecule has 0 N–H and O–H groups in total. The van der Waals surface area contributed by atoms with Crippen molar-refractivity contribution in [2.75, 3.05) is 7.05 Å². The van der Waals surface area contributed by atoms with Crippen LogP contribution < -0.4 is 0 Å². The first-order valence-electron chi connectivity index (χ1n) is 10.1. The highest BCUT2D eigenvalue weighted by Crippen LogP contribution is 2.32. The van der Waals surface area contributed by atoms with E-state index in [-0.39, 0.29) is 17.1 Å². The van der Waals surface area contributed by atoms with Crippen molar-refractivity contribution in [3.8, 4) is 0 Å². The van der Waals surface area contributed by atoms with Gasteiger partial charge in [0.25, 0.3) is 0 Å². The Morgan fingerprint density at radius 2 is 1.50 bits per heavy atom. The highest BCUT2D eigenvalue weighted by molar-refractivity contribution is 8.01. The highest BCUT2D eigenvalue weighted by atomic mass is 32.2. The van der Waals surface area contributed by atoms with E-state index in [0.717, 1.165) is 12.8 Å². The molecule has 2 amide bonds. The third-order valence-corrected chi connectivity index (χ3v) is 6.49. The summed E-state index contributed by atoms with van der Waals surface area (Å²) in [5.41, 5.74) is 0. The molecule has 1 heterocycles. The lowest BCUT2D eigenvalue weighted by molar-refractivity contribution is -0.136. The fourth-order valence-corrected chi connectivity index (χ4v) is 5.00. The molecule has 4 heteroatoms. The Balaban J connectivity index is 2.15. The average molecular weight is 356 g/mol. The van der Waals surface area contributed by atoms with Crippen LogP contribution in [0, 0.1) is 0 Å². The SMILES string of the molecule is CCCCCCCCCCCC(CCC)SC1CC(=O)N(C)C1=O. The van der Waals surface area contributed by atoms with Crippen LogP contribution in [0.15, 0.2) is 0 Å². The highest BCUT2D eigenvalue weighted by Gasteiger charge is 2.37. The zero-order chi connectivity index (χ0) is 17.8. The Hall–Kier alpha value is -0.510. The van der Waals surface area contributed by atoms with Crippen LogP contribution in [0.3, 0.4) is 0 Å². The van der Waals surface area contributed by atoms with E-state index < -0.39 is 0 Å². The van der Waals surface area contributed by atoms with Gasteiger partial charge >= 0.3 is 0 Å². The van der Waals surface area contributed by atoms with Gasteiger partial charge in [-0.25, -0.2) is 0 Å². The summed E-state index contributed by atoms with van der Waals surface area (Å²) in [5.74, 6) is -0.00555. The molecule has 1 aliphatic rings. The van der Waals surface area contributed by atoms with Crippen molar-refractivity contribution in [1.29, 1.82) is 0 Å². The molecular weight excluding hydrogens is 318 g/mol. The minimum atomic E-state index is -0.127. The average Bonchev–Trinajstić information content (AvgIpc) is 2.80. The number of carbonyl (C=O) groups is 2. The quantitative estimate of drug-likeness (QED) is 0.302. The number of rotatable bonds is 14. The fraction of sp³-hybridized carbons (Fsp3) is 0.900. The number of likely N-dealkylation sites (tertiary alicyclic amines) is 1. The third-order valence-electron chi connectivity index (χ3n) is 4.94. The second kappa shape index (κ2) is 12.8. The predicted molar refractivity (Wildman–Crippen MR) is 104 cm³/mol. The van der Waals surface area contributed by atoms with Gasteiger partial charge in [-0.15, -0.1) is 11.8 Å². The Morgan fingerprint density at radius 1 is 0.917 bits per heavy atom. The maximum absolute atomic E-state index is 12.1. The first-order valence-corrected chi connectivity index (χ1v) is 11.0. The van der Waals surface area contributed by atoms with Crippen molar-refractivity contribution < 1.29 is 9.59 Å². The van der Waals surface area contributed by atoms with Crippen LogP contribution in [0.5, 0.6) is 0 Å². The lowest BCUT2D eigenvalue weighted by Crippen LogP contribution is -2.27. The van der Waals surface area contributed by atoms with Gasteiger partial charge in [-0.1, -0.05) is 78.1 Å². The van der Waals surface area contributed by atoms with E-state index >= 15 is 0 Å². The second-order valence-electron chi connectivity index (χ2n) is 7.15. The molecular formula is C20H37NO2S. The van der Waals surface area contributed by atoms with Crippen LogP contribution in [0.2, 0.25) is 0 Å². The number of nitrogens with zero attached hydrogens (tertiary/aromatic N) is 1. The van der Waals surface area contributed by atoms with Crippen LogP contribution in [-0.4, -0.2) is 34.3 Å². The summed E-state index contributed by atoms with van der Waals surface area (Å²) < 4.78 is 0. The number of carbonyl (C=O) groups excluding carboxylic acids is 2. The number of hydrogen-bond acceptors (Lipinski definition) is 3. The lowest BCUT2D eigenvalue weighted by Gasteiger charge is -2.18. The minimum absolute atomic E-state index is 0.0122. The van der Waals surface area contributed by atoms with Crippen molar-refractivity contribution in [3.63, 3.8) is 0 Å². The van der Waals surface area contributed by atoms with Crippen LogP contribution in [-0.2, 0) is 9.59 Å². The van der Waals surface area contributed by atoms with Gasteiger partial charge in [-0.05, 0) is 12.8 Å². The van der Waals surface area contributed by atoms with Crippen molar-refractivity contribution in [1.82, 2.24) is 4.90 Å². The lowest BCUT2D eigenvalue weighted by atomic mass is 10.0. The molecule has 1 saturated heterocycles. The molecule has 140 valence electrons. The van der Waals surface area contributed by atoms with E-state index in [9.17, 15) is 9.59 Å². The summed E-state index contributed by atoms with van der Waals surface area (Å²) >= 11 is 1.76. The van der Waals surface area contributed by atoms with Crippen molar-refractivity contribution in [2.45, 2.75) is 108 Å². The molecule has 0 bridgehead atoms. The van der Waals surface area contributed by atoms with Gasteiger partial charge in [0, 0.05) is 18.7 Å². The minimum Gasteiger partial charge on any atom is -0.285 e. The zero-order valence-corrected chi connectivity index (χ0v) is 16.8. The van der Waals surface area contributed by atoms with Crippen LogP contribution in [0.1, 0.15) is 97.3 Å². The van der Waals surface area contributed by atoms with Gasteiger partial charge < -0.3 is 0 Å². The van der Waals surface area contributed by atoms with Gasteiger partial charge in [-0.3, -0.25) is 14.5 Å². The number of imide groups is 1. The van der Waals surface area contributed by atoms with Crippen molar-refractivity contribution >= 4 is 23.6 Å². The van der Waals surface area contributed by atoms with Gasteiger partial charge in [0.2, 0.25) is 11.8 Å². The van der Waals surface area contributed by atoms with E-state index in [0.29, 0.717) is 11.7 Å². The normalized spacial score (nSPS) is 19.3. The maximum Gasteiger partial charge on any atom is 0.242 e. The molecule has 0 aromatic carbocycles. The van der Waals surface area contributed by atoms with E-state index in [4.69, 9.17) is 0 Å². The summed E-state index contributed by atoms with van der Waals surface area (Å²) in [6.07, 6.45) is 16.1. The van der Waals surface area contributed by atoms with Crippen LogP contribution in [0.4, 0.5) is 0 Å². The van der Waals surface area contributed by atoms with Crippen molar-refractivity contribution in [2.24, 2.45) is 0 Å². The molecule has 24 heavy (non-hydrogen) atoms. The predicted octanol–water partition coefficient (Wildman–Crippen LogP) is 5.57. The summed E-state index contributed by atoms with van der Waals surface area (Å²) in [4.78, 5) is 25.0. The topological polar surface area (TPSA) is 37.4 Å². The maximum atomic E-state index is 12.1. The molecule has 0 radical (unpaired) electrons. The summed E-state index contributed by atoms with van der Waals surface area (Å²) in [5, 5.41) is 0.408. The zero-order valence-electron chi connectivity index (χ0n) is 16.0. The molecule has 2 unspecified atom stereocenters. The van der Waals surface area contributed by atoms with E-state index in [1.54, 1.807) is 18.8 Å². The molecule has 3 nitrogen and oxygen atoms in total. The standard InChI is InChI=1S/C20H37NO2S/c1-4-6-7-8-9-10-11-12-13-15-17(14-5-2)24-18-16-19(22)21(3)20(18)23/h17-18H,4-16H2,1-3H3. The van der Waals surface area contributed by atoms with E-state index in [2.05, 4.69) is 13.8 Å². The number of unbranched alkanes of at least 4 members (excludes halogenated alkanes) is 8. The van der Waals surface area contributed by atoms with Crippen molar-refractivity contribution in [3.05, 3.63) is 0 Å². The summed E-state index contributed by atoms with van der Waals surface area (Å²) in [6, 6.07) is 0. The Morgan fingerprint density at radius 3 is 2.00 bits per heavy atom. The molecule has 2 atom stereocenters. The summed E-state index contributed by atoms with van der Waals surface area (Å²) in [7, 11) is 1.61. The molecule has 0 aliphatic carbocycles. The van der Waals surface area contributed by atoms with Crippen LogP contribution in [0.25, 0.3) is 0 Å². The molecule has 0 saturated carbocycles. The molecule has 0 aromatic rings. The summed E-state index contributed by atoms with van der Waals surface area (Å²) in [6.45, 7) is 4.47. The molecule has 1 rings (SSSR count). The molecule has 0 aromatic heterocycles. The third kappa shape index (κ3) is 8.04. The monoisotopic (exact) mass is 355 g/mol. The Bertz CT molecular complexity index is 373. The fourth-order valence-electron chi connectivity index (χ4n) is 3.35. The Labute approximate surface area is 153 Å². The molecule has 1 fully saturated rings. The van der Waals surface area contributed by atoms with Gasteiger partial charge in [-0.2, -0.15) is 0 Å². The van der Waals surface area contributed by atoms with Crippen LogP contribution >= 0.6 is 11.8 Å². The largest absolute Gasteiger partial charge is 0.285 e. The first kappa shape index (κ1) is 21.5. The molecule has 0 spiro atoms. The van der Waals surface area contributed by atoms with Gasteiger partial charge in [0.15, 0.2) is 0 Å². The number of thioether (sulfide) groups is 1.